The van der Waals surface area contributed by atoms with Crippen molar-refractivity contribution in [3.05, 3.63) is 23.3 Å². The molecule has 0 radical (unpaired) electrons. The Balaban J connectivity index is 1.47. The van der Waals surface area contributed by atoms with Crippen molar-refractivity contribution in [1.82, 2.24) is 0 Å². The van der Waals surface area contributed by atoms with Crippen molar-refractivity contribution in [2.24, 2.45) is 46.3 Å². The second-order valence-corrected chi connectivity index (χ2v) is 12.6. The van der Waals surface area contributed by atoms with Crippen LogP contribution in [0.5, 0.6) is 0 Å². The molecule has 4 aliphatic carbocycles. The van der Waals surface area contributed by atoms with E-state index in [2.05, 4.69) is 53.7 Å². The topological polar surface area (TPSA) is 20.2 Å². The Morgan fingerprint density at radius 2 is 1.93 bits per heavy atom. The van der Waals surface area contributed by atoms with E-state index in [0.29, 0.717) is 16.7 Å². The molecule has 0 aliphatic heterocycles. The lowest BCUT2D eigenvalue weighted by Crippen LogP contribution is -2.49. The highest BCUT2D eigenvalue weighted by Crippen LogP contribution is 2.66. The summed E-state index contributed by atoms with van der Waals surface area (Å²) in [4.78, 5) is 0. The SMILES string of the molecule is C/C=C(/CC[C@@H](C)[C@@H]1C[C@@H]2[C@@H]3CC=C4C[C@H](O)CC[C@]4(C)[C@H]3CC[C@]2(C)C1)C(C)C. The molecular formula is C29H48O. The van der Waals surface area contributed by atoms with Gasteiger partial charge in [0.15, 0.2) is 0 Å². The summed E-state index contributed by atoms with van der Waals surface area (Å²) in [7, 11) is 0. The molecule has 170 valence electrons. The molecule has 4 rings (SSSR count). The molecule has 0 spiro atoms. The minimum Gasteiger partial charge on any atom is -0.393 e. The Bertz CT molecular complexity index is 686. The summed E-state index contributed by atoms with van der Waals surface area (Å²) in [6, 6.07) is 0. The second kappa shape index (κ2) is 8.42. The summed E-state index contributed by atoms with van der Waals surface area (Å²) in [6.45, 7) is 14.7. The number of hydrogen-bond donors (Lipinski definition) is 1. The largest absolute Gasteiger partial charge is 0.393 e. The van der Waals surface area contributed by atoms with E-state index in [-0.39, 0.29) is 6.10 Å². The number of fused-ring (bicyclic) bond motifs is 5. The molecule has 0 aromatic carbocycles. The maximum atomic E-state index is 10.2. The Kier molecular flexibility index (Phi) is 6.35. The number of aliphatic hydroxyl groups excluding tert-OH is 1. The molecule has 30 heavy (non-hydrogen) atoms. The van der Waals surface area contributed by atoms with Crippen LogP contribution in [0, 0.1) is 46.3 Å². The van der Waals surface area contributed by atoms with Gasteiger partial charge in [-0.3, -0.25) is 0 Å². The van der Waals surface area contributed by atoms with E-state index >= 15 is 0 Å². The van der Waals surface area contributed by atoms with Gasteiger partial charge in [0, 0.05) is 0 Å². The molecule has 0 aromatic heterocycles. The third-order valence-corrected chi connectivity index (χ3v) is 10.7. The molecule has 8 atom stereocenters. The summed E-state index contributed by atoms with van der Waals surface area (Å²) >= 11 is 0. The number of allylic oxidation sites excluding steroid dienone is 3. The van der Waals surface area contributed by atoms with Crippen molar-refractivity contribution < 1.29 is 5.11 Å². The van der Waals surface area contributed by atoms with Gasteiger partial charge in [-0.25, -0.2) is 0 Å². The third kappa shape index (κ3) is 3.87. The van der Waals surface area contributed by atoms with Crippen molar-refractivity contribution in [3.8, 4) is 0 Å². The fraction of sp³-hybridized carbons (Fsp3) is 0.862. The third-order valence-electron chi connectivity index (χ3n) is 10.7. The lowest BCUT2D eigenvalue weighted by molar-refractivity contribution is -0.0360. The maximum Gasteiger partial charge on any atom is 0.0577 e. The first-order valence-corrected chi connectivity index (χ1v) is 13.2. The Hall–Kier alpha value is -0.560. The standard InChI is InChI=1S/C29H48O/c1-7-21(19(2)3)9-8-20(4)22-16-27-25-11-10-23-17-24(30)12-15-29(23,6)26(25)13-14-28(27,5)18-22/h7,10,19-20,22,24-27,30H,8-9,11-18H2,1-6H3/b21-7-/t20-,22-,24-,25-,26+,27-,28-,29+/m1/s1. The Labute approximate surface area is 186 Å². The average molecular weight is 413 g/mol. The van der Waals surface area contributed by atoms with E-state index in [1.54, 1.807) is 11.1 Å². The molecule has 0 saturated heterocycles. The van der Waals surface area contributed by atoms with Crippen LogP contribution in [0.3, 0.4) is 0 Å². The average Bonchev–Trinajstić information content (AvgIpc) is 3.06. The highest BCUT2D eigenvalue weighted by Gasteiger charge is 2.57. The number of hydrogen-bond acceptors (Lipinski definition) is 1. The van der Waals surface area contributed by atoms with Crippen LogP contribution in [0.15, 0.2) is 23.3 Å². The fourth-order valence-electron chi connectivity index (χ4n) is 8.59. The van der Waals surface area contributed by atoms with Gasteiger partial charge >= 0.3 is 0 Å². The van der Waals surface area contributed by atoms with Gasteiger partial charge in [-0.2, -0.15) is 0 Å². The minimum absolute atomic E-state index is 0.0839. The maximum absolute atomic E-state index is 10.2. The van der Waals surface area contributed by atoms with Gasteiger partial charge < -0.3 is 5.11 Å². The van der Waals surface area contributed by atoms with E-state index in [1.165, 1.54) is 51.4 Å². The Morgan fingerprint density at radius 1 is 1.17 bits per heavy atom. The van der Waals surface area contributed by atoms with Crippen LogP contribution in [0.25, 0.3) is 0 Å². The zero-order valence-electron chi connectivity index (χ0n) is 20.7. The summed E-state index contributed by atoms with van der Waals surface area (Å²) in [6.07, 6.45) is 17.8. The van der Waals surface area contributed by atoms with E-state index < -0.39 is 0 Å². The summed E-state index contributed by atoms with van der Waals surface area (Å²) in [5, 5.41) is 10.2. The lowest BCUT2D eigenvalue weighted by Gasteiger charge is -2.57. The molecule has 4 aliphatic rings. The van der Waals surface area contributed by atoms with Gasteiger partial charge in [0.25, 0.3) is 0 Å². The molecule has 1 N–H and O–H groups in total. The van der Waals surface area contributed by atoms with Crippen LogP contribution in [0.4, 0.5) is 0 Å². The number of rotatable bonds is 5. The molecule has 1 heteroatoms. The van der Waals surface area contributed by atoms with E-state index in [0.717, 1.165) is 42.4 Å². The first kappa shape index (κ1) is 22.6. The van der Waals surface area contributed by atoms with Crippen LogP contribution in [-0.2, 0) is 0 Å². The molecule has 0 aromatic rings. The van der Waals surface area contributed by atoms with Crippen LogP contribution in [0.1, 0.15) is 106 Å². The Morgan fingerprint density at radius 3 is 2.63 bits per heavy atom. The molecule has 0 unspecified atom stereocenters. The lowest BCUT2D eigenvalue weighted by atomic mass is 9.48. The molecule has 3 saturated carbocycles. The zero-order valence-corrected chi connectivity index (χ0v) is 20.7. The summed E-state index contributed by atoms with van der Waals surface area (Å²) in [5.74, 6) is 5.17. The highest BCUT2D eigenvalue weighted by atomic mass is 16.3. The smallest absolute Gasteiger partial charge is 0.0577 e. The van der Waals surface area contributed by atoms with Crippen LogP contribution < -0.4 is 0 Å². The summed E-state index contributed by atoms with van der Waals surface area (Å²) < 4.78 is 0. The zero-order chi connectivity index (χ0) is 21.7. The van der Waals surface area contributed by atoms with E-state index in [9.17, 15) is 5.11 Å². The van der Waals surface area contributed by atoms with Gasteiger partial charge in [0.2, 0.25) is 0 Å². The first-order valence-electron chi connectivity index (χ1n) is 13.2. The number of aliphatic hydroxyl groups is 1. The second-order valence-electron chi connectivity index (χ2n) is 12.6. The van der Waals surface area contributed by atoms with Gasteiger partial charge in [-0.1, -0.05) is 57.9 Å². The van der Waals surface area contributed by atoms with Crippen LogP contribution >= 0.6 is 0 Å². The van der Waals surface area contributed by atoms with Gasteiger partial charge in [-0.15, -0.1) is 0 Å². The van der Waals surface area contributed by atoms with Gasteiger partial charge in [-0.05, 0) is 117 Å². The van der Waals surface area contributed by atoms with Crippen molar-refractivity contribution in [2.75, 3.05) is 0 Å². The molecule has 0 heterocycles. The highest BCUT2D eigenvalue weighted by molar-refractivity contribution is 5.25. The molecule has 3 fully saturated rings. The molecule has 0 bridgehead atoms. The monoisotopic (exact) mass is 412 g/mol. The fourth-order valence-corrected chi connectivity index (χ4v) is 8.59. The van der Waals surface area contributed by atoms with E-state index in [4.69, 9.17) is 0 Å². The molecular weight excluding hydrogens is 364 g/mol. The normalized spacial score (nSPS) is 44.9. The van der Waals surface area contributed by atoms with Gasteiger partial charge in [0.05, 0.1) is 6.10 Å². The quantitative estimate of drug-likeness (QED) is 0.454. The van der Waals surface area contributed by atoms with Crippen LogP contribution in [-0.4, -0.2) is 11.2 Å². The summed E-state index contributed by atoms with van der Waals surface area (Å²) in [5.41, 5.74) is 4.23. The minimum atomic E-state index is -0.0839. The first-order chi connectivity index (χ1) is 14.2. The van der Waals surface area contributed by atoms with Crippen molar-refractivity contribution in [2.45, 2.75) is 112 Å². The van der Waals surface area contributed by atoms with Crippen LogP contribution in [0.2, 0.25) is 0 Å². The van der Waals surface area contributed by atoms with Crippen molar-refractivity contribution >= 4 is 0 Å². The van der Waals surface area contributed by atoms with E-state index in [1.807, 2.05) is 0 Å². The van der Waals surface area contributed by atoms with Crippen molar-refractivity contribution in [1.29, 1.82) is 0 Å². The van der Waals surface area contributed by atoms with Crippen molar-refractivity contribution in [3.63, 3.8) is 0 Å². The predicted octanol–water partition coefficient (Wildman–Crippen LogP) is 7.94. The molecule has 0 amide bonds. The predicted molar refractivity (Wildman–Crippen MR) is 128 cm³/mol. The molecule has 1 nitrogen and oxygen atoms in total. The van der Waals surface area contributed by atoms with Gasteiger partial charge in [0.1, 0.15) is 0 Å².